The van der Waals surface area contributed by atoms with Crippen LogP contribution in [0.5, 0.6) is 0 Å². The van der Waals surface area contributed by atoms with Gasteiger partial charge in [0.2, 0.25) is 0 Å². The molecule has 0 spiro atoms. The Morgan fingerprint density at radius 2 is 1.77 bits per heavy atom. The molecule has 2 amide bonds. The van der Waals surface area contributed by atoms with Crippen molar-refractivity contribution in [1.29, 1.82) is 0 Å². The second-order valence-corrected chi connectivity index (χ2v) is 4.79. The van der Waals surface area contributed by atoms with Crippen molar-refractivity contribution in [2.24, 2.45) is 0 Å². The first-order valence-corrected chi connectivity index (χ1v) is 6.77. The Bertz CT molecular complexity index is 759. The Balaban J connectivity index is 1.85. The number of hydrogen-bond donors (Lipinski definition) is 0. The molecular weight excluding hydrogens is 286 g/mol. The molecule has 0 atom stereocenters. The largest absolute Gasteiger partial charge is 0.367 e. The lowest BCUT2D eigenvalue weighted by molar-refractivity contribution is -0.0585. The van der Waals surface area contributed by atoms with Gasteiger partial charge in [0.05, 0.1) is 17.3 Å². The maximum atomic E-state index is 12.2. The van der Waals surface area contributed by atoms with Crippen molar-refractivity contribution in [2.45, 2.75) is 20.4 Å². The monoisotopic (exact) mass is 299 g/mol. The Hall–Kier alpha value is -2.96. The molecule has 112 valence electrons. The van der Waals surface area contributed by atoms with E-state index in [0.717, 1.165) is 0 Å². The minimum atomic E-state index is -0.785. The van der Waals surface area contributed by atoms with Gasteiger partial charge in [0, 0.05) is 12.2 Å². The Morgan fingerprint density at radius 3 is 2.27 bits per heavy atom. The summed E-state index contributed by atoms with van der Waals surface area (Å²) in [6, 6.07) is 6.32. The molecule has 0 fully saturated rings. The third-order valence-corrected chi connectivity index (χ3v) is 3.55. The van der Waals surface area contributed by atoms with E-state index in [9.17, 15) is 14.4 Å². The molecule has 22 heavy (non-hydrogen) atoms. The number of benzene rings is 1. The molecule has 1 aliphatic rings. The molecule has 3 rings (SSSR count). The summed E-state index contributed by atoms with van der Waals surface area (Å²) in [6.07, 6.45) is 1.36. The van der Waals surface area contributed by atoms with Crippen molar-refractivity contribution in [3.63, 3.8) is 0 Å². The predicted molar refractivity (Wildman–Crippen MR) is 75.0 cm³/mol. The molecule has 0 saturated heterocycles. The number of aryl methyl sites for hydroxylation is 1. The molecule has 0 aliphatic carbocycles. The standard InChI is InChI=1S/C15H13N3O4/c1-3-17-9(2)12(8-16-17)15(21)22-18-13(19)10-6-4-5-7-11(10)14(18)20/h4-8H,3H2,1-2H3. The highest BCUT2D eigenvalue weighted by molar-refractivity contribution is 6.21. The van der Waals surface area contributed by atoms with Gasteiger partial charge in [-0.25, -0.2) is 4.79 Å². The average molecular weight is 299 g/mol. The molecule has 2 aromatic rings. The topological polar surface area (TPSA) is 81.5 Å². The van der Waals surface area contributed by atoms with Crippen LogP contribution in [0.25, 0.3) is 0 Å². The zero-order valence-electron chi connectivity index (χ0n) is 12.1. The Labute approximate surface area is 126 Å². The number of fused-ring (bicyclic) bond motifs is 1. The molecule has 7 nitrogen and oxygen atoms in total. The van der Waals surface area contributed by atoms with E-state index in [4.69, 9.17) is 4.84 Å². The number of carbonyl (C=O) groups excluding carboxylic acids is 3. The fourth-order valence-electron chi connectivity index (χ4n) is 2.35. The van der Waals surface area contributed by atoms with Gasteiger partial charge >= 0.3 is 5.97 Å². The molecule has 0 N–H and O–H groups in total. The van der Waals surface area contributed by atoms with Gasteiger partial charge in [-0.1, -0.05) is 17.2 Å². The highest BCUT2D eigenvalue weighted by Crippen LogP contribution is 2.23. The Kier molecular flexibility index (Phi) is 3.25. The summed E-state index contributed by atoms with van der Waals surface area (Å²) in [5.74, 6) is -2.07. The minimum Gasteiger partial charge on any atom is -0.324 e. The van der Waals surface area contributed by atoms with Gasteiger partial charge in [-0.2, -0.15) is 5.10 Å². The van der Waals surface area contributed by atoms with E-state index < -0.39 is 17.8 Å². The summed E-state index contributed by atoms with van der Waals surface area (Å²) >= 11 is 0. The third-order valence-electron chi connectivity index (χ3n) is 3.55. The van der Waals surface area contributed by atoms with E-state index in [1.54, 1.807) is 23.7 Å². The maximum Gasteiger partial charge on any atom is 0.367 e. The minimum absolute atomic E-state index is 0.221. The van der Waals surface area contributed by atoms with Crippen molar-refractivity contribution in [3.8, 4) is 0 Å². The first kappa shape index (κ1) is 14.0. The molecule has 7 heteroatoms. The third kappa shape index (κ3) is 1.98. The van der Waals surface area contributed by atoms with Gasteiger partial charge in [0.1, 0.15) is 5.56 Å². The first-order chi connectivity index (χ1) is 10.5. The molecule has 2 heterocycles. The number of amides is 2. The Morgan fingerprint density at radius 1 is 1.18 bits per heavy atom. The average Bonchev–Trinajstić information content (AvgIpc) is 3.01. The number of carbonyl (C=O) groups is 3. The van der Waals surface area contributed by atoms with E-state index in [1.807, 2.05) is 6.92 Å². The van der Waals surface area contributed by atoms with Gasteiger partial charge in [-0.3, -0.25) is 14.3 Å². The number of hydroxylamine groups is 2. The van der Waals surface area contributed by atoms with Crippen LogP contribution in [-0.2, 0) is 11.4 Å². The van der Waals surface area contributed by atoms with E-state index >= 15 is 0 Å². The summed E-state index contributed by atoms with van der Waals surface area (Å²) in [5.41, 5.74) is 1.28. The van der Waals surface area contributed by atoms with Crippen LogP contribution in [-0.4, -0.2) is 32.6 Å². The lowest BCUT2D eigenvalue weighted by atomic mass is 10.1. The van der Waals surface area contributed by atoms with Crippen LogP contribution in [0.15, 0.2) is 30.5 Å². The predicted octanol–water partition coefficient (Wildman–Crippen LogP) is 1.58. The fraction of sp³-hybridized carbons (Fsp3) is 0.200. The molecular formula is C15H13N3O4. The molecule has 0 bridgehead atoms. The summed E-state index contributed by atoms with van der Waals surface area (Å²) < 4.78 is 1.62. The molecule has 1 aromatic carbocycles. The highest BCUT2D eigenvalue weighted by Gasteiger charge is 2.39. The van der Waals surface area contributed by atoms with E-state index in [-0.39, 0.29) is 16.7 Å². The number of nitrogens with zero attached hydrogens (tertiary/aromatic N) is 3. The van der Waals surface area contributed by atoms with Crippen LogP contribution in [0.2, 0.25) is 0 Å². The van der Waals surface area contributed by atoms with Crippen LogP contribution in [0.4, 0.5) is 0 Å². The summed E-state index contributed by atoms with van der Waals surface area (Å²) in [5, 5.41) is 4.53. The molecule has 1 aromatic heterocycles. The van der Waals surface area contributed by atoms with E-state index in [0.29, 0.717) is 17.3 Å². The summed E-state index contributed by atoms with van der Waals surface area (Å²) in [7, 11) is 0. The van der Waals surface area contributed by atoms with Crippen molar-refractivity contribution in [2.75, 3.05) is 0 Å². The fourth-order valence-corrected chi connectivity index (χ4v) is 2.35. The van der Waals surface area contributed by atoms with Crippen LogP contribution in [0.3, 0.4) is 0 Å². The van der Waals surface area contributed by atoms with Gasteiger partial charge in [-0.05, 0) is 26.0 Å². The van der Waals surface area contributed by atoms with Gasteiger partial charge in [-0.15, -0.1) is 0 Å². The lowest BCUT2D eigenvalue weighted by Gasteiger charge is -2.12. The molecule has 1 aliphatic heterocycles. The number of hydrogen-bond acceptors (Lipinski definition) is 5. The van der Waals surface area contributed by atoms with E-state index in [2.05, 4.69) is 5.10 Å². The van der Waals surface area contributed by atoms with E-state index in [1.165, 1.54) is 18.3 Å². The van der Waals surface area contributed by atoms with Gasteiger partial charge < -0.3 is 4.84 Å². The first-order valence-electron chi connectivity index (χ1n) is 6.77. The summed E-state index contributed by atoms with van der Waals surface area (Å²) in [6.45, 7) is 4.21. The van der Waals surface area contributed by atoms with Crippen LogP contribution < -0.4 is 0 Å². The highest BCUT2D eigenvalue weighted by atomic mass is 16.7. The van der Waals surface area contributed by atoms with Crippen LogP contribution in [0.1, 0.15) is 43.7 Å². The lowest BCUT2D eigenvalue weighted by Crippen LogP contribution is -2.32. The van der Waals surface area contributed by atoms with Crippen molar-refractivity contribution in [3.05, 3.63) is 52.8 Å². The van der Waals surface area contributed by atoms with Gasteiger partial charge in [0.25, 0.3) is 11.8 Å². The second kappa shape index (κ2) is 5.10. The summed E-state index contributed by atoms with van der Waals surface area (Å²) in [4.78, 5) is 41.4. The molecule has 0 saturated carbocycles. The maximum absolute atomic E-state index is 12.2. The van der Waals surface area contributed by atoms with Crippen molar-refractivity contribution in [1.82, 2.24) is 14.8 Å². The normalized spacial score (nSPS) is 13.5. The smallest absolute Gasteiger partial charge is 0.324 e. The van der Waals surface area contributed by atoms with Crippen molar-refractivity contribution >= 4 is 17.8 Å². The zero-order chi connectivity index (χ0) is 15.9. The molecule has 0 unspecified atom stereocenters. The van der Waals surface area contributed by atoms with Crippen LogP contribution in [0, 0.1) is 6.92 Å². The van der Waals surface area contributed by atoms with Gasteiger partial charge in [0.15, 0.2) is 0 Å². The SMILES string of the molecule is CCn1ncc(C(=O)ON2C(=O)c3ccccc3C2=O)c1C. The quantitative estimate of drug-likeness (QED) is 0.804. The number of rotatable bonds is 3. The number of imide groups is 1. The van der Waals surface area contributed by atoms with Crippen molar-refractivity contribution < 1.29 is 19.2 Å². The second-order valence-electron chi connectivity index (χ2n) is 4.79. The zero-order valence-corrected chi connectivity index (χ0v) is 12.1. The van der Waals surface area contributed by atoms with Crippen LogP contribution >= 0.6 is 0 Å². The number of aromatic nitrogens is 2. The molecule has 0 radical (unpaired) electrons.